The maximum atomic E-state index is 11.6. The maximum Gasteiger partial charge on any atom is 0.252 e. The van der Waals surface area contributed by atoms with Crippen molar-refractivity contribution in [3.63, 3.8) is 0 Å². The molecule has 1 atom stereocenters. The van der Waals surface area contributed by atoms with Crippen molar-refractivity contribution in [2.75, 3.05) is 13.1 Å². The second-order valence-electron chi connectivity index (χ2n) is 4.26. The van der Waals surface area contributed by atoms with Gasteiger partial charge in [0.1, 0.15) is 12.5 Å². The molecule has 1 saturated heterocycles. The molecular weight excluding hydrogens is 236 g/mol. The van der Waals surface area contributed by atoms with Gasteiger partial charge in [-0.2, -0.15) is 10.2 Å². The van der Waals surface area contributed by atoms with Crippen LogP contribution >= 0.6 is 0 Å². The molecule has 0 aliphatic carbocycles. The predicted molar refractivity (Wildman–Crippen MR) is 59.0 cm³/mol. The summed E-state index contributed by atoms with van der Waals surface area (Å²) >= 11 is 0. The Kier molecular flexibility index (Phi) is 3.58. The van der Waals surface area contributed by atoms with Crippen molar-refractivity contribution in [2.45, 2.75) is 26.6 Å². The van der Waals surface area contributed by atoms with Crippen LogP contribution in [0.1, 0.15) is 18.6 Å². The van der Waals surface area contributed by atoms with Crippen molar-refractivity contribution in [1.82, 2.24) is 15.0 Å². The minimum absolute atomic E-state index is 0.0213. The van der Waals surface area contributed by atoms with E-state index in [0.717, 1.165) is 0 Å². The van der Waals surface area contributed by atoms with Gasteiger partial charge in [-0.15, -0.1) is 0 Å². The molecule has 1 fully saturated rings. The summed E-state index contributed by atoms with van der Waals surface area (Å²) < 4.78 is 10.4. The van der Waals surface area contributed by atoms with Crippen LogP contribution in [0, 0.1) is 24.2 Å². The highest BCUT2D eigenvalue weighted by Gasteiger charge is 2.33. The number of aryl methyl sites for hydroxylation is 1. The summed E-state index contributed by atoms with van der Waals surface area (Å²) in [5.41, 5.74) is 0. The third-order valence-corrected chi connectivity index (χ3v) is 2.74. The summed E-state index contributed by atoms with van der Waals surface area (Å²) in [7, 11) is 0. The van der Waals surface area contributed by atoms with Crippen molar-refractivity contribution in [1.29, 1.82) is 5.26 Å². The Morgan fingerprint density at radius 1 is 1.72 bits per heavy atom. The van der Waals surface area contributed by atoms with Gasteiger partial charge in [0.2, 0.25) is 5.91 Å². The monoisotopic (exact) mass is 250 g/mol. The lowest BCUT2D eigenvalue weighted by molar-refractivity contribution is -0.148. The van der Waals surface area contributed by atoms with Crippen molar-refractivity contribution >= 4 is 5.91 Å². The lowest BCUT2D eigenvalue weighted by Crippen LogP contribution is -2.55. The molecule has 7 nitrogen and oxygen atoms in total. The first-order valence-corrected chi connectivity index (χ1v) is 5.69. The van der Waals surface area contributed by atoms with Gasteiger partial charge in [0.05, 0.1) is 12.2 Å². The number of hydrogen-bond acceptors (Lipinski definition) is 6. The second-order valence-corrected chi connectivity index (χ2v) is 4.26. The predicted octanol–water partition coefficient (Wildman–Crippen LogP) is 0.265. The molecule has 1 aliphatic heterocycles. The summed E-state index contributed by atoms with van der Waals surface area (Å²) in [5.74, 6) is 0.264. The summed E-state index contributed by atoms with van der Waals surface area (Å²) in [6.45, 7) is 4.61. The Balaban J connectivity index is 1.71. The van der Waals surface area contributed by atoms with Crippen LogP contribution in [0.3, 0.4) is 0 Å². The number of nitrogens with zero attached hydrogens (tertiary/aromatic N) is 4. The molecule has 1 aliphatic rings. The van der Waals surface area contributed by atoms with E-state index in [9.17, 15) is 4.79 Å². The topological polar surface area (TPSA) is 92.3 Å². The first-order chi connectivity index (χ1) is 8.60. The molecule has 1 amide bonds. The number of carbonyl (C=O) groups excluding carboxylic acids is 1. The Labute approximate surface area is 104 Å². The average Bonchev–Trinajstić information content (AvgIpc) is 2.71. The first kappa shape index (κ1) is 12.5. The Hall–Kier alpha value is -1.94. The van der Waals surface area contributed by atoms with Crippen molar-refractivity contribution in [2.24, 2.45) is 5.92 Å². The van der Waals surface area contributed by atoms with E-state index in [1.165, 1.54) is 0 Å². The third kappa shape index (κ3) is 2.65. The van der Waals surface area contributed by atoms with Crippen LogP contribution in [0.5, 0.6) is 0 Å². The van der Waals surface area contributed by atoms with Gasteiger partial charge in [0.25, 0.3) is 5.89 Å². The van der Waals surface area contributed by atoms with Gasteiger partial charge >= 0.3 is 0 Å². The molecule has 0 spiro atoms. The normalized spacial score (nSPS) is 17.1. The molecule has 1 aromatic heterocycles. The fourth-order valence-corrected chi connectivity index (χ4v) is 1.64. The molecule has 0 radical (unpaired) electrons. The number of nitriles is 1. The minimum atomic E-state index is -0.593. The fraction of sp³-hybridized carbons (Fsp3) is 0.636. The first-order valence-electron chi connectivity index (χ1n) is 5.69. The van der Waals surface area contributed by atoms with Gasteiger partial charge in [0.15, 0.2) is 5.82 Å². The molecule has 0 bridgehead atoms. The lowest BCUT2D eigenvalue weighted by Gasteiger charge is -2.39. The van der Waals surface area contributed by atoms with Crippen LogP contribution in [0.15, 0.2) is 4.52 Å². The number of likely N-dealkylation sites (tertiary alicyclic amines) is 1. The molecule has 7 heteroatoms. The van der Waals surface area contributed by atoms with E-state index in [2.05, 4.69) is 10.1 Å². The highest BCUT2D eigenvalue weighted by atomic mass is 16.5. The van der Waals surface area contributed by atoms with Crippen molar-refractivity contribution < 1.29 is 14.1 Å². The smallest absolute Gasteiger partial charge is 0.252 e. The SMILES string of the molecule is Cc1noc(COC2CN(C(=O)C(C)C#N)C2)n1. The molecule has 18 heavy (non-hydrogen) atoms. The van der Waals surface area contributed by atoms with Crippen LogP contribution in [0.25, 0.3) is 0 Å². The number of ether oxygens (including phenoxy) is 1. The molecule has 2 heterocycles. The zero-order chi connectivity index (χ0) is 13.1. The van der Waals surface area contributed by atoms with Crippen LogP contribution in [0.2, 0.25) is 0 Å². The van der Waals surface area contributed by atoms with Crippen LogP contribution in [0.4, 0.5) is 0 Å². The number of carbonyl (C=O) groups is 1. The minimum Gasteiger partial charge on any atom is -0.365 e. The standard InChI is InChI=1S/C11H14N4O3/c1-7(3-12)11(16)15-4-9(5-15)17-6-10-13-8(2)14-18-10/h7,9H,4-6H2,1-2H3. The Bertz CT molecular complexity index is 473. The highest BCUT2D eigenvalue weighted by molar-refractivity contribution is 5.81. The highest BCUT2D eigenvalue weighted by Crippen LogP contribution is 2.16. The molecule has 0 N–H and O–H groups in total. The lowest BCUT2D eigenvalue weighted by atomic mass is 10.1. The summed E-state index contributed by atoms with van der Waals surface area (Å²) in [5, 5.41) is 12.3. The van der Waals surface area contributed by atoms with Gasteiger partial charge in [-0.1, -0.05) is 5.16 Å². The maximum absolute atomic E-state index is 11.6. The number of aromatic nitrogens is 2. The largest absolute Gasteiger partial charge is 0.365 e. The molecule has 1 unspecified atom stereocenters. The van der Waals surface area contributed by atoms with E-state index in [4.69, 9.17) is 14.5 Å². The van der Waals surface area contributed by atoms with Gasteiger partial charge in [-0.3, -0.25) is 4.79 Å². The van der Waals surface area contributed by atoms with Gasteiger partial charge in [0, 0.05) is 13.1 Å². The van der Waals surface area contributed by atoms with Crippen LogP contribution in [-0.4, -0.2) is 40.1 Å². The molecule has 2 rings (SSSR count). The molecule has 0 saturated carbocycles. The summed E-state index contributed by atoms with van der Waals surface area (Å²) in [6.07, 6.45) is -0.0213. The second kappa shape index (κ2) is 5.14. The number of rotatable bonds is 4. The van der Waals surface area contributed by atoms with Crippen LogP contribution < -0.4 is 0 Å². The van der Waals surface area contributed by atoms with E-state index in [-0.39, 0.29) is 18.6 Å². The zero-order valence-corrected chi connectivity index (χ0v) is 10.3. The fourth-order valence-electron chi connectivity index (χ4n) is 1.64. The quantitative estimate of drug-likeness (QED) is 0.761. The molecule has 96 valence electrons. The van der Waals surface area contributed by atoms with E-state index < -0.39 is 5.92 Å². The Morgan fingerprint density at radius 3 is 3.00 bits per heavy atom. The number of hydrogen-bond donors (Lipinski definition) is 0. The number of amides is 1. The molecule has 0 aromatic carbocycles. The molecular formula is C11H14N4O3. The van der Waals surface area contributed by atoms with Gasteiger partial charge in [-0.25, -0.2) is 0 Å². The van der Waals surface area contributed by atoms with E-state index >= 15 is 0 Å². The summed E-state index contributed by atoms with van der Waals surface area (Å²) in [6, 6.07) is 1.92. The zero-order valence-electron chi connectivity index (χ0n) is 10.3. The third-order valence-electron chi connectivity index (χ3n) is 2.74. The van der Waals surface area contributed by atoms with Gasteiger partial charge < -0.3 is 14.2 Å². The summed E-state index contributed by atoms with van der Waals surface area (Å²) in [4.78, 5) is 17.2. The van der Waals surface area contributed by atoms with Crippen molar-refractivity contribution in [3.05, 3.63) is 11.7 Å². The van der Waals surface area contributed by atoms with Crippen LogP contribution in [-0.2, 0) is 16.1 Å². The molecule has 1 aromatic rings. The van der Waals surface area contributed by atoms with E-state index in [1.54, 1.807) is 18.7 Å². The van der Waals surface area contributed by atoms with E-state index in [0.29, 0.717) is 24.8 Å². The Morgan fingerprint density at radius 2 is 2.44 bits per heavy atom. The average molecular weight is 250 g/mol. The van der Waals surface area contributed by atoms with Crippen molar-refractivity contribution in [3.8, 4) is 6.07 Å². The van der Waals surface area contributed by atoms with E-state index in [1.807, 2.05) is 6.07 Å². The van der Waals surface area contributed by atoms with Gasteiger partial charge in [-0.05, 0) is 13.8 Å².